The Labute approximate surface area is 124 Å². The van der Waals surface area contributed by atoms with E-state index in [9.17, 15) is 0 Å². The molecule has 0 saturated carbocycles. The highest BCUT2D eigenvalue weighted by molar-refractivity contribution is 6.32. The summed E-state index contributed by atoms with van der Waals surface area (Å²) in [7, 11) is 0. The Morgan fingerprint density at radius 3 is 2.50 bits per heavy atom. The fraction of sp³-hybridized carbons (Fsp3) is 0.294. The van der Waals surface area contributed by atoms with Crippen LogP contribution in [-0.4, -0.2) is 6.04 Å². The van der Waals surface area contributed by atoms with Gasteiger partial charge in [0.15, 0.2) is 5.75 Å². The van der Waals surface area contributed by atoms with E-state index in [1.165, 1.54) is 5.56 Å². The van der Waals surface area contributed by atoms with Gasteiger partial charge in [0.25, 0.3) is 0 Å². The van der Waals surface area contributed by atoms with Crippen molar-refractivity contribution in [2.75, 3.05) is 5.32 Å². The molecule has 0 aromatic heterocycles. The number of hydrogen-bond donors (Lipinski definition) is 1. The third-order valence-electron chi connectivity index (χ3n) is 3.71. The Balaban J connectivity index is 2.03. The van der Waals surface area contributed by atoms with E-state index >= 15 is 0 Å². The normalized spacial score (nSPS) is 21.0. The number of hydrogen-bond acceptors (Lipinski definition) is 2. The van der Waals surface area contributed by atoms with Crippen LogP contribution in [0.1, 0.15) is 25.5 Å². The van der Waals surface area contributed by atoms with Crippen molar-refractivity contribution >= 4 is 17.3 Å². The summed E-state index contributed by atoms with van der Waals surface area (Å²) in [4.78, 5) is 0. The number of fused-ring (bicyclic) bond motifs is 1. The highest BCUT2D eigenvalue weighted by atomic mass is 35.5. The molecule has 3 heteroatoms. The molecule has 2 aromatic carbocycles. The fourth-order valence-corrected chi connectivity index (χ4v) is 2.85. The molecule has 2 atom stereocenters. The van der Waals surface area contributed by atoms with Crippen molar-refractivity contribution in [1.82, 2.24) is 0 Å². The topological polar surface area (TPSA) is 21.3 Å². The van der Waals surface area contributed by atoms with Crippen molar-refractivity contribution < 1.29 is 4.74 Å². The van der Waals surface area contributed by atoms with Crippen LogP contribution in [0.25, 0.3) is 0 Å². The average Bonchev–Trinajstić information content (AvgIpc) is 2.47. The zero-order valence-electron chi connectivity index (χ0n) is 11.6. The third kappa shape index (κ3) is 2.36. The molecule has 0 fully saturated rings. The third-order valence-corrected chi connectivity index (χ3v) is 4.00. The van der Waals surface area contributed by atoms with Crippen LogP contribution in [-0.2, 0) is 0 Å². The molecule has 1 aliphatic heterocycles. The Bertz CT molecular complexity index is 597. The Morgan fingerprint density at radius 2 is 1.80 bits per heavy atom. The second kappa shape index (κ2) is 5.37. The summed E-state index contributed by atoms with van der Waals surface area (Å²) in [5.74, 6) is 1.20. The molecule has 0 radical (unpaired) electrons. The minimum atomic E-state index is -0.0244. The van der Waals surface area contributed by atoms with Gasteiger partial charge in [-0.1, -0.05) is 61.8 Å². The van der Waals surface area contributed by atoms with E-state index in [4.69, 9.17) is 16.3 Å². The molecule has 0 bridgehead atoms. The van der Waals surface area contributed by atoms with Gasteiger partial charge in [0, 0.05) is 0 Å². The van der Waals surface area contributed by atoms with Gasteiger partial charge in [-0.05, 0) is 23.6 Å². The standard InChI is InChI=1S/C17H18ClNO/c1-11(2)15-16(12-7-4-3-5-8-12)20-17-13(18)9-6-10-14(17)19-15/h3-11,15-16,19H,1-2H3. The Morgan fingerprint density at radius 1 is 1.05 bits per heavy atom. The van der Waals surface area contributed by atoms with E-state index in [2.05, 4.69) is 31.3 Å². The lowest BCUT2D eigenvalue weighted by atomic mass is 9.91. The van der Waals surface area contributed by atoms with Crippen LogP contribution in [0.4, 0.5) is 5.69 Å². The van der Waals surface area contributed by atoms with Gasteiger partial charge in [0.1, 0.15) is 6.10 Å². The summed E-state index contributed by atoms with van der Waals surface area (Å²) >= 11 is 6.26. The van der Waals surface area contributed by atoms with Gasteiger partial charge in [-0.15, -0.1) is 0 Å². The minimum Gasteiger partial charge on any atom is -0.480 e. The molecule has 20 heavy (non-hydrogen) atoms. The van der Waals surface area contributed by atoms with Crippen LogP contribution < -0.4 is 10.1 Å². The monoisotopic (exact) mass is 287 g/mol. The first-order valence-electron chi connectivity index (χ1n) is 6.93. The summed E-state index contributed by atoms with van der Waals surface area (Å²) in [5.41, 5.74) is 2.15. The predicted octanol–water partition coefficient (Wildman–Crippen LogP) is 4.91. The van der Waals surface area contributed by atoms with Crippen LogP contribution >= 0.6 is 11.6 Å². The SMILES string of the molecule is CC(C)C1Nc2cccc(Cl)c2OC1c1ccccc1. The van der Waals surface area contributed by atoms with Gasteiger partial charge in [-0.3, -0.25) is 0 Å². The quantitative estimate of drug-likeness (QED) is 0.847. The number of para-hydroxylation sites is 1. The molecular formula is C17H18ClNO. The van der Waals surface area contributed by atoms with Crippen LogP contribution in [0.5, 0.6) is 5.75 Å². The summed E-state index contributed by atoms with van der Waals surface area (Å²) in [6.45, 7) is 4.40. The molecule has 0 spiro atoms. The molecule has 1 N–H and O–H groups in total. The lowest BCUT2D eigenvalue weighted by Gasteiger charge is -2.38. The van der Waals surface area contributed by atoms with Crippen molar-refractivity contribution in [3.05, 3.63) is 59.1 Å². The molecule has 0 aliphatic carbocycles. The van der Waals surface area contributed by atoms with E-state index in [-0.39, 0.29) is 12.1 Å². The second-order valence-corrected chi connectivity index (χ2v) is 5.89. The number of nitrogens with one attached hydrogen (secondary N) is 1. The van der Waals surface area contributed by atoms with Gasteiger partial charge in [0.2, 0.25) is 0 Å². The van der Waals surface area contributed by atoms with Crippen LogP contribution in [0.15, 0.2) is 48.5 Å². The summed E-state index contributed by atoms with van der Waals surface area (Å²) < 4.78 is 6.23. The smallest absolute Gasteiger partial charge is 0.162 e. The van der Waals surface area contributed by atoms with Gasteiger partial charge in [-0.25, -0.2) is 0 Å². The number of halogens is 1. The minimum absolute atomic E-state index is 0.0244. The van der Waals surface area contributed by atoms with Crippen molar-refractivity contribution in [2.24, 2.45) is 5.92 Å². The first-order valence-corrected chi connectivity index (χ1v) is 7.31. The van der Waals surface area contributed by atoms with Gasteiger partial charge < -0.3 is 10.1 Å². The maximum Gasteiger partial charge on any atom is 0.162 e. The maximum absolute atomic E-state index is 6.26. The summed E-state index contributed by atoms with van der Waals surface area (Å²) in [6.07, 6.45) is -0.0244. The lowest BCUT2D eigenvalue weighted by molar-refractivity contribution is 0.150. The van der Waals surface area contributed by atoms with Crippen molar-refractivity contribution in [1.29, 1.82) is 0 Å². The molecule has 1 heterocycles. The number of ether oxygens (including phenoxy) is 1. The molecule has 0 amide bonds. The van der Waals surface area contributed by atoms with E-state index in [1.807, 2.05) is 36.4 Å². The molecule has 2 aromatic rings. The second-order valence-electron chi connectivity index (χ2n) is 5.48. The number of anilines is 1. The molecule has 3 rings (SSSR count). The lowest BCUT2D eigenvalue weighted by Crippen LogP contribution is -2.39. The molecular weight excluding hydrogens is 270 g/mol. The average molecular weight is 288 g/mol. The summed E-state index contributed by atoms with van der Waals surface area (Å²) in [5, 5.41) is 4.23. The Kier molecular flexibility index (Phi) is 3.58. The van der Waals surface area contributed by atoms with Gasteiger partial charge in [-0.2, -0.15) is 0 Å². The fourth-order valence-electron chi connectivity index (χ4n) is 2.63. The zero-order chi connectivity index (χ0) is 14.1. The zero-order valence-corrected chi connectivity index (χ0v) is 12.4. The molecule has 1 aliphatic rings. The van der Waals surface area contributed by atoms with E-state index < -0.39 is 0 Å². The van der Waals surface area contributed by atoms with Gasteiger partial charge in [0.05, 0.1) is 16.8 Å². The molecule has 2 nitrogen and oxygen atoms in total. The van der Waals surface area contributed by atoms with E-state index in [0.717, 1.165) is 11.4 Å². The first-order chi connectivity index (χ1) is 9.66. The predicted molar refractivity (Wildman–Crippen MR) is 83.5 cm³/mol. The number of rotatable bonds is 2. The Hall–Kier alpha value is -1.67. The molecule has 0 saturated heterocycles. The van der Waals surface area contributed by atoms with Crippen molar-refractivity contribution in [2.45, 2.75) is 26.0 Å². The highest BCUT2D eigenvalue weighted by Crippen LogP contribution is 2.43. The highest BCUT2D eigenvalue weighted by Gasteiger charge is 2.33. The van der Waals surface area contributed by atoms with E-state index in [1.54, 1.807) is 0 Å². The van der Waals surface area contributed by atoms with Crippen molar-refractivity contribution in [3.63, 3.8) is 0 Å². The van der Waals surface area contributed by atoms with E-state index in [0.29, 0.717) is 10.9 Å². The molecule has 2 unspecified atom stereocenters. The maximum atomic E-state index is 6.26. The van der Waals surface area contributed by atoms with Crippen LogP contribution in [0.2, 0.25) is 5.02 Å². The van der Waals surface area contributed by atoms with Crippen LogP contribution in [0.3, 0.4) is 0 Å². The van der Waals surface area contributed by atoms with Gasteiger partial charge >= 0.3 is 0 Å². The number of benzene rings is 2. The summed E-state index contributed by atoms with van der Waals surface area (Å²) in [6, 6.07) is 16.3. The van der Waals surface area contributed by atoms with Crippen LogP contribution in [0, 0.1) is 5.92 Å². The van der Waals surface area contributed by atoms with Crippen molar-refractivity contribution in [3.8, 4) is 5.75 Å². The first kappa shape index (κ1) is 13.3. The largest absolute Gasteiger partial charge is 0.480 e. The molecule has 104 valence electrons.